The second-order valence-electron chi connectivity index (χ2n) is 6.11. The van der Waals surface area contributed by atoms with Crippen LogP contribution in [0.5, 0.6) is 0 Å². The van der Waals surface area contributed by atoms with Gasteiger partial charge < -0.3 is 14.6 Å². The van der Waals surface area contributed by atoms with Crippen LogP contribution in [0, 0.1) is 0 Å². The molecule has 2 amide bonds. The van der Waals surface area contributed by atoms with Crippen LogP contribution in [0.4, 0.5) is 5.00 Å². The zero-order chi connectivity index (χ0) is 20.6. The largest absolute Gasteiger partial charge is 0.480 e. The van der Waals surface area contributed by atoms with Gasteiger partial charge in [0.05, 0.1) is 0 Å². The molecule has 0 saturated carbocycles. The highest BCUT2D eigenvalue weighted by atomic mass is 32.2. The molecule has 11 heteroatoms. The van der Waals surface area contributed by atoms with Crippen molar-refractivity contribution in [3.05, 3.63) is 29.3 Å². The van der Waals surface area contributed by atoms with Crippen molar-refractivity contribution in [3.8, 4) is 0 Å². The standard InChI is InChI=1S/C17H18N2O7S2/c1-9(20)19(12-5-4-6-27-12)17(25-3)15(24)18-7-11(8-26-10(2)21)13(14(22)23)28-16(17)18/h4-7,13,16H,8H2,1-3H3,(H,22,23)/t13?,16-,17?/m1/s1. The Morgan fingerprint density at radius 2 is 2.07 bits per heavy atom. The molecule has 2 aliphatic rings. The van der Waals surface area contributed by atoms with Gasteiger partial charge in [0.25, 0.3) is 11.6 Å². The highest BCUT2D eigenvalue weighted by Gasteiger charge is 2.69. The molecule has 0 radical (unpaired) electrons. The van der Waals surface area contributed by atoms with Gasteiger partial charge in [-0.1, -0.05) is 0 Å². The fourth-order valence-corrected chi connectivity index (χ4v) is 5.49. The highest BCUT2D eigenvalue weighted by Crippen LogP contribution is 2.51. The Morgan fingerprint density at radius 3 is 2.57 bits per heavy atom. The number of carbonyl (C=O) groups excluding carboxylic acids is 3. The van der Waals surface area contributed by atoms with E-state index in [9.17, 15) is 24.3 Å². The maximum Gasteiger partial charge on any atom is 0.321 e. The zero-order valence-corrected chi connectivity index (χ0v) is 16.9. The molecule has 2 aliphatic heterocycles. The number of thioether (sulfide) groups is 1. The van der Waals surface area contributed by atoms with Gasteiger partial charge in [-0.3, -0.25) is 29.0 Å². The summed E-state index contributed by atoms with van der Waals surface area (Å²) >= 11 is 2.23. The maximum atomic E-state index is 13.0. The predicted octanol–water partition coefficient (Wildman–Crippen LogP) is 1.26. The Balaban J connectivity index is 2.00. The first-order valence-corrected chi connectivity index (χ1v) is 10.0. The molecule has 0 spiro atoms. The van der Waals surface area contributed by atoms with Crippen LogP contribution in [-0.4, -0.2) is 63.8 Å². The van der Waals surface area contributed by atoms with Crippen LogP contribution in [0.15, 0.2) is 29.3 Å². The number of carbonyl (C=O) groups is 4. The summed E-state index contributed by atoms with van der Waals surface area (Å²) in [6.07, 6.45) is 1.37. The lowest BCUT2D eigenvalue weighted by Gasteiger charge is -2.58. The smallest absolute Gasteiger partial charge is 0.321 e. The number of hydrogen-bond acceptors (Lipinski definition) is 8. The van der Waals surface area contributed by atoms with E-state index in [1.54, 1.807) is 17.5 Å². The number of carboxylic acid groups (broad SMARTS) is 1. The van der Waals surface area contributed by atoms with E-state index in [-0.39, 0.29) is 12.2 Å². The molecule has 3 rings (SSSR count). The number of esters is 1. The number of methoxy groups -OCH3 is 1. The Hall–Kier alpha value is -2.37. The van der Waals surface area contributed by atoms with Crippen molar-refractivity contribution in [2.75, 3.05) is 18.6 Å². The van der Waals surface area contributed by atoms with E-state index in [0.717, 1.165) is 11.8 Å². The van der Waals surface area contributed by atoms with Gasteiger partial charge in [0.1, 0.15) is 22.2 Å². The SMILES string of the molecule is COC1(N(C(C)=O)c2cccs2)C(=O)N2C=C(COC(C)=O)C(C(=O)O)S[C@@H]21. The van der Waals surface area contributed by atoms with E-state index in [2.05, 4.69) is 0 Å². The van der Waals surface area contributed by atoms with Crippen molar-refractivity contribution in [2.24, 2.45) is 0 Å². The van der Waals surface area contributed by atoms with Crippen LogP contribution in [-0.2, 0) is 28.7 Å². The van der Waals surface area contributed by atoms with Gasteiger partial charge in [0, 0.05) is 32.7 Å². The number of hydrogen-bond donors (Lipinski definition) is 1. The number of β-lactam (4-membered cyclic amide) rings is 1. The zero-order valence-electron chi connectivity index (χ0n) is 15.3. The van der Waals surface area contributed by atoms with Crippen LogP contribution in [0.1, 0.15) is 13.8 Å². The molecule has 9 nitrogen and oxygen atoms in total. The molecule has 1 fully saturated rings. The van der Waals surface area contributed by atoms with E-state index in [4.69, 9.17) is 9.47 Å². The molecule has 0 bridgehead atoms. The summed E-state index contributed by atoms with van der Waals surface area (Å²) in [7, 11) is 1.31. The molecular formula is C17H18N2O7S2. The molecule has 28 heavy (non-hydrogen) atoms. The molecule has 0 aliphatic carbocycles. The van der Waals surface area contributed by atoms with Gasteiger partial charge in [0.2, 0.25) is 5.91 Å². The van der Waals surface area contributed by atoms with Crippen molar-refractivity contribution < 1.29 is 33.8 Å². The molecule has 1 N–H and O–H groups in total. The van der Waals surface area contributed by atoms with Gasteiger partial charge >= 0.3 is 11.9 Å². The van der Waals surface area contributed by atoms with E-state index in [0.29, 0.717) is 5.00 Å². The first-order valence-electron chi connectivity index (χ1n) is 8.18. The molecular weight excluding hydrogens is 408 g/mol. The minimum Gasteiger partial charge on any atom is -0.480 e. The molecule has 1 aromatic heterocycles. The lowest BCUT2D eigenvalue weighted by molar-refractivity contribution is -0.182. The minimum atomic E-state index is -1.65. The van der Waals surface area contributed by atoms with Gasteiger partial charge in [-0.15, -0.1) is 23.1 Å². The van der Waals surface area contributed by atoms with Crippen molar-refractivity contribution in [1.82, 2.24) is 4.90 Å². The average molecular weight is 426 g/mol. The number of amides is 2. The number of thiophene rings is 1. The van der Waals surface area contributed by atoms with Crippen molar-refractivity contribution in [3.63, 3.8) is 0 Å². The van der Waals surface area contributed by atoms with Crippen molar-refractivity contribution >= 4 is 51.9 Å². The van der Waals surface area contributed by atoms with E-state index in [1.807, 2.05) is 0 Å². The van der Waals surface area contributed by atoms with E-state index in [1.165, 1.54) is 48.3 Å². The molecule has 150 valence electrons. The molecule has 1 saturated heterocycles. The normalized spacial score (nSPS) is 26.0. The summed E-state index contributed by atoms with van der Waals surface area (Å²) in [6, 6.07) is 3.43. The molecule has 1 aromatic rings. The number of rotatable bonds is 6. The van der Waals surface area contributed by atoms with Crippen LogP contribution >= 0.6 is 23.1 Å². The summed E-state index contributed by atoms with van der Waals surface area (Å²) in [5, 5.41) is 10.1. The molecule has 3 atom stereocenters. The Morgan fingerprint density at radius 1 is 1.36 bits per heavy atom. The summed E-state index contributed by atoms with van der Waals surface area (Å²) < 4.78 is 10.5. The van der Waals surface area contributed by atoms with Crippen molar-refractivity contribution in [1.29, 1.82) is 0 Å². The minimum absolute atomic E-state index is 0.239. The van der Waals surface area contributed by atoms with Crippen LogP contribution in [0.3, 0.4) is 0 Å². The first kappa shape index (κ1) is 20.4. The van der Waals surface area contributed by atoms with Gasteiger partial charge in [0.15, 0.2) is 0 Å². The van der Waals surface area contributed by atoms with Gasteiger partial charge in [-0.05, 0) is 17.5 Å². The summed E-state index contributed by atoms with van der Waals surface area (Å²) in [5.74, 6) is -2.60. The van der Waals surface area contributed by atoms with Crippen LogP contribution < -0.4 is 4.90 Å². The van der Waals surface area contributed by atoms with Gasteiger partial charge in [-0.2, -0.15) is 0 Å². The summed E-state index contributed by atoms with van der Waals surface area (Å²) in [5.41, 5.74) is -1.38. The fraction of sp³-hybridized carbons (Fsp3) is 0.412. The Bertz CT molecular complexity index is 854. The Kier molecular flexibility index (Phi) is 5.50. The fourth-order valence-electron chi connectivity index (χ4n) is 3.22. The second-order valence-corrected chi connectivity index (χ2v) is 8.23. The number of ether oxygens (including phenoxy) is 2. The lowest BCUT2D eigenvalue weighted by atomic mass is 9.98. The monoisotopic (exact) mass is 426 g/mol. The van der Waals surface area contributed by atoms with Crippen molar-refractivity contribution in [2.45, 2.75) is 30.2 Å². The number of carboxylic acids is 1. The van der Waals surface area contributed by atoms with E-state index < -0.39 is 40.1 Å². The quantitative estimate of drug-likeness (QED) is 0.411. The van der Waals surface area contributed by atoms with Crippen LogP contribution in [0.25, 0.3) is 0 Å². The topological polar surface area (TPSA) is 113 Å². The molecule has 3 heterocycles. The summed E-state index contributed by atoms with van der Waals surface area (Å²) in [6.45, 7) is 2.29. The third-order valence-corrected chi connectivity index (χ3v) is 6.82. The summed E-state index contributed by atoms with van der Waals surface area (Å²) in [4.78, 5) is 50.9. The van der Waals surface area contributed by atoms with Crippen LogP contribution in [0.2, 0.25) is 0 Å². The number of aliphatic carboxylic acids is 1. The highest BCUT2D eigenvalue weighted by molar-refractivity contribution is 8.01. The van der Waals surface area contributed by atoms with E-state index >= 15 is 0 Å². The first-order chi connectivity index (χ1) is 13.2. The predicted molar refractivity (Wildman–Crippen MR) is 102 cm³/mol. The average Bonchev–Trinajstić information content (AvgIpc) is 3.16. The molecule has 2 unspecified atom stereocenters. The van der Waals surface area contributed by atoms with Gasteiger partial charge in [-0.25, -0.2) is 0 Å². The third-order valence-electron chi connectivity index (χ3n) is 4.39. The number of anilines is 1. The number of fused-ring (bicyclic) bond motifs is 1. The maximum absolute atomic E-state index is 13.0. The lowest BCUT2D eigenvalue weighted by Crippen LogP contribution is -2.80. The molecule has 0 aromatic carbocycles. The third kappa shape index (κ3) is 3.09. The second kappa shape index (κ2) is 7.57. The number of nitrogens with zero attached hydrogens (tertiary/aromatic N) is 2. The Labute approximate surface area is 168 Å².